The van der Waals surface area contributed by atoms with Crippen LogP contribution >= 0.6 is 0 Å². The predicted octanol–water partition coefficient (Wildman–Crippen LogP) is 4.34. The molecule has 0 aliphatic rings. The maximum atomic E-state index is 2.24. The summed E-state index contributed by atoms with van der Waals surface area (Å²) in [6.07, 6.45) is 5.60. The summed E-state index contributed by atoms with van der Waals surface area (Å²) < 4.78 is 0. The molecule has 12 heavy (non-hydrogen) atoms. The van der Waals surface area contributed by atoms with Gasteiger partial charge in [0.1, 0.15) is 0 Å². The van der Waals surface area contributed by atoms with Gasteiger partial charge in [0.05, 0.1) is 0 Å². The third kappa shape index (κ3) is 4.38. The topological polar surface area (TPSA) is 0 Å². The third-order valence-electron chi connectivity index (χ3n) is 2.36. The fourth-order valence-electron chi connectivity index (χ4n) is 0.635. The molecule has 0 bridgehead atoms. The standard InChI is InChI=1S/C12H22/c1-7-10(2)8-9-11(3)12(4,5)6/h8-9H,7H2,1-6H3/b10-8+,11-9+. The Balaban J connectivity index is 4.39. The van der Waals surface area contributed by atoms with Crippen LogP contribution in [-0.4, -0.2) is 0 Å². The Morgan fingerprint density at radius 2 is 1.58 bits per heavy atom. The van der Waals surface area contributed by atoms with E-state index in [1.54, 1.807) is 0 Å². The minimum absolute atomic E-state index is 0.310. The molecule has 0 aromatic rings. The molecule has 0 amide bonds. The molecule has 0 saturated carbocycles. The lowest BCUT2D eigenvalue weighted by Gasteiger charge is -2.18. The Bertz CT molecular complexity index is 187. The lowest BCUT2D eigenvalue weighted by atomic mass is 9.87. The van der Waals surface area contributed by atoms with Crippen LogP contribution in [0.4, 0.5) is 0 Å². The van der Waals surface area contributed by atoms with Crippen LogP contribution in [0.3, 0.4) is 0 Å². The summed E-state index contributed by atoms with van der Waals surface area (Å²) in [4.78, 5) is 0. The molecule has 0 N–H and O–H groups in total. The van der Waals surface area contributed by atoms with Gasteiger partial charge in [-0.05, 0) is 25.7 Å². The van der Waals surface area contributed by atoms with E-state index in [4.69, 9.17) is 0 Å². The van der Waals surface area contributed by atoms with Crippen LogP contribution < -0.4 is 0 Å². The number of allylic oxidation sites excluding steroid dienone is 4. The van der Waals surface area contributed by atoms with E-state index in [0.29, 0.717) is 5.41 Å². The monoisotopic (exact) mass is 166 g/mol. The molecular weight excluding hydrogens is 144 g/mol. The highest BCUT2D eigenvalue weighted by Crippen LogP contribution is 2.24. The molecule has 0 heteroatoms. The fraction of sp³-hybridized carbons (Fsp3) is 0.667. The maximum Gasteiger partial charge on any atom is -0.0173 e. The molecule has 0 saturated heterocycles. The van der Waals surface area contributed by atoms with Crippen LogP contribution in [0.25, 0.3) is 0 Å². The highest BCUT2D eigenvalue weighted by atomic mass is 14.2. The van der Waals surface area contributed by atoms with Crippen LogP contribution in [0, 0.1) is 5.41 Å². The fourth-order valence-corrected chi connectivity index (χ4v) is 0.635. The van der Waals surface area contributed by atoms with Gasteiger partial charge >= 0.3 is 0 Å². The average molecular weight is 166 g/mol. The third-order valence-corrected chi connectivity index (χ3v) is 2.36. The second-order valence-corrected chi connectivity index (χ2v) is 4.47. The molecule has 0 aliphatic carbocycles. The normalized spacial score (nSPS) is 15.2. The van der Waals surface area contributed by atoms with E-state index in [9.17, 15) is 0 Å². The van der Waals surface area contributed by atoms with Gasteiger partial charge in [-0.15, -0.1) is 0 Å². The summed E-state index contributed by atoms with van der Waals surface area (Å²) in [5.74, 6) is 0. The summed E-state index contributed by atoms with van der Waals surface area (Å²) in [7, 11) is 0. The Kier molecular flexibility index (Phi) is 4.30. The molecule has 70 valence electrons. The zero-order valence-electron chi connectivity index (χ0n) is 9.36. The second kappa shape index (κ2) is 4.49. The quantitative estimate of drug-likeness (QED) is 0.535. The first-order valence-electron chi connectivity index (χ1n) is 4.72. The van der Waals surface area contributed by atoms with Crippen LogP contribution in [0.5, 0.6) is 0 Å². The van der Waals surface area contributed by atoms with Crippen molar-refractivity contribution >= 4 is 0 Å². The highest BCUT2D eigenvalue weighted by molar-refractivity contribution is 5.18. The Hall–Kier alpha value is -0.520. The van der Waals surface area contributed by atoms with Crippen molar-refractivity contribution in [2.75, 3.05) is 0 Å². The van der Waals surface area contributed by atoms with Gasteiger partial charge in [0, 0.05) is 0 Å². The molecule has 0 radical (unpaired) electrons. The van der Waals surface area contributed by atoms with Gasteiger partial charge in [0.15, 0.2) is 0 Å². The SMILES string of the molecule is CC/C(C)=C/C=C(\C)C(C)(C)C. The zero-order valence-corrected chi connectivity index (χ0v) is 9.36. The van der Waals surface area contributed by atoms with E-state index in [1.807, 2.05) is 0 Å². The van der Waals surface area contributed by atoms with Crippen LogP contribution in [0.2, 0.25) is 0 Å². The van der Waals surface area contributed by atoms with Crippen molar-refractivity contribution in [3.8, 4) is 0 Å². The molecule has 0 aromatic heterocycles. The Labute approximate surface area is 77.4 Å². The molecule has 0 heterocycles. The van der Waals surface area contributed by atoms with E-state index >= 15 is 0 Å². The van der Waals surface area contributed by atoms with Crippen molar-refractivity contribution in [2.24, 2.45) is 5.41 Å². The Morgan fingerprint density at radius 1 is 1.08 bits per heavy atom. The van der Waals surface area contributed by atoms with Crippen molar-refractivity contribution in [1.29, 1.82) is 0 Å². The molecule has 0 aromatic carbocycles. The van der Waals surface area contributed by atoms with Crippen molar-refractivity contribution in [3.05, 3.63) is 23.3 Å². The summed E-state index contributed by atoms with van der Waals surface area (Å²) in [5.41, 5.74) is 3.19. The molecule has 0 aliphatic heterocycles. The molecule has 0 spiro atoms. The van der Waals surface area contributed by atoms with Gasteiger partial charge in [0.2, 0.25) is 0 Å². The largest absolute Gasteiger partial charge is 0.0736 e. The van der Waals surface area contributed by atoms with Gasteiger partial charge in [-0.25, -0.2) is 0 Å². The van der Waals surface area contributed by atoms with Gasteiger partial charge in [-0.1, -0.05) is 51.0 Å². The van der Waals surface area contributed by atoms with Crippen molar-refractivity contribution in [1.82, 2.24) is 0 Å². The van der Waals surface area contributed by atoms with Crippen LogP contribution in [0.1, 0.15) is 48.0 Å². The van der Waals surface area contributed by atoms with Crippen molar-refractivity contribution in [2.45, 2.75) is 48.0 Å². The average Bonchev–Trinajstić information content (AvgIpc) is 1.97. The van der Waals surface area contributed by atoms with E-state index < -0.39 is 0 Å². The first-order valence-corrected chi connectivity index (χ1v) is 4.72. The number of rotatable bonds is 2. The zero-order chi connectivity index (χ0) is 9.78. The molecule has 0 atom stereocenters. The van der Waals surface area contributed by atoms with Gasteiger partial charge in [0.25, 0.3) is 0 Å². The van der Waals surface area contributed by atoms with Crippen molar-refractivity contribution < 1.29 is 0 Å². The first kappa shape index (κ1) is 11.5. The van der Waals surface area contributed by atoms with Crippen LogP contribution in [-0.2, 0) is 0 Å². The molecule has 0 nitrogen and oxygen atoms in total. The van der Waals surface area contributed by atoms with Crippen LogP contribution in [0.15, 0.2) is 23.3 Å². The summed E-state index contributed by atoms with van der Waals surface area (Å²) in [5, 5.41) is 0. The smallest absolute Gasteiger partial charge is 0.0173 e. The summed E-state index contributed by atoms with van der Waals surface area (Å²) >= 11 is 0. The summed E-state index contributed by atoms with van der Waals surface area (Å²) in [6, 6.07) is 0. The number of hydrogen-bond acceptors (Lipinski definition) is 0. The van der Waals surface area contributed by atoms with E-state index in [1.165, 1.54) is 11.1 Å². The van der Waals surface area contributed by atoms with Crippen molar-refractivity contribution in [3.63, 3.8) is 0 Å². The van der Waals surface area contributed by atoms with Gasteiger partial charge in [-0.3, -0.25) is 0 Å². The van der Waals surface area contributed by atoms with Gasteiger partial charge in [-0.2, -0.15) is 0 Å². The molecule has 0 fully saturated rings. The maximum absolute atomic E-state index is 2.24. The molecule has 0 rings (SSSR count). The lowest BCUT2D eigenvalue weighted by Crippen LogP contribution is -2.05. The Morgan fingerprint density at radius 3 is 1.92 bits per heavy atom. The molecule has 0 unspecified atom stereocenters. The first-order chi connectivity index (χ1) is 5.38. The lowest BCUT2D eigenvalue weighted by molar-refractivity contribution is 0.504. The number of hydrogen-bond donors (Lipinski definition) is 0. The van der Waals surface area contributed by atoms with E-state index in [2.05, 4.69) is 53.7 Å². The minimum atomic E-state index is 0.310. The second-order valence-electron chi connectivity index (χ2n) is 4.47. The van der Waals surface area contributed by atoms with E-state index in [-0.39, 0.29) is 0 Å². The van der Waals surface area contributed by atoms with E-state index in [0.717, 1.165) is 6.42 Å². The predicted molar refractivity (Wildman–Crippen MR) is 57.3 cm³/mol. The molecular formula is C12H22. The summed E-state index contributed by atoms with van der Waals surface area (Å²) in [6.45, 7) is 13.3. The minimum Gasteiger partial charge on any atom is -0.0736 e. The van der Waals surface area contributed by atoms with Gasteiger partial charge < -0.3 is 0 Å². The highest BCUT2D eigenvalue weighted by Gasteiger charge is 2.10.